The Morgan fingerprint density at radius 2 is 1.50 bits per heavy atom. The number of hydrogen-bond donors (Lipinski definition) is 0. The van der Waals surface area contributed by atoms with Gasteiger partial charge in [-0.05, 0) is 62.1 Å². The highest BCUT2D eigenvalue weighted by Crippen LogP contribution is 2.34. The summed E-state index contributed by atoms with van der Waals surface area (Å²) in [5.41, 5.74) is 1.72. The molecule has 0 aromatic heterocycles. The summed E-state index contributed by atoms with van der Waals surface area (Å²) < 4.78 is 6.02. The third kappa shape index (κ3) is 5.56. The lowest BCUT2D eigenvalue weighted by Gasteiger charge is -2.27. The van der Waals surface area contributed by atoms with Crippen LogP contribution >= 0.6 is 0 Å². The van der Waals surface area contributed by atoms with Gasteiger partial charge in [-0.3, -0.25) is 0 Å². The average Bonchev–Trinajstić information content (AvgIpc) is 2.35. The molecule has 0 amide bonds. The maximum absolute atomic E-state index is 6.02. The third-order valence-electron chi connectivity index (χ3n) is 3.95. The lowest BCUT2D eigenvalue weighted by Crippen LogP contribution is -2.26. The van der Waals surface area contributed by atoms with E-state index in [1.165, 1.54) is 18.4 Å². The van der Waals surface area contributed by atoms with Crippen LogP contribution in [0, 0.1) is 5.41 Å². The van der Waals surface area contributed by atoms with Crippen molar-refractivity contribution in [3.8, 4) is 5.75 Å². The van der Waals surface area contributed by atoms with E-state index in [0.717, 1.165) is 12.2 Å². The van der Waals surface area contributed by atoms with E-state index in [1.807, 2.05) is 0 Å². The van der Waals surface area contributed by atoms with Crippen molar-refractivity contribution in [3.63, 3.8) is 0 Å². The van der Waals surface area contributed by atoms with E-state index in [4.69, 9.17) is 4.74 Å². The highest BCUT2D eigenvalue weighted by molar-refractivity contribution is 5.30. The summed E-state index contributed by atoms with van der Waals surface area (Å²) in [6, 6.07) is 8.72. The highest BCUT2D eigenvalue weighted by atomic mass is 16.5. The zero-order chi connectivity index (χ0) is 15.4. The van der Waals surface area contributed by atoms with Crippen LogP contribution in [0.3, 0.4) is 0 Å². The van der Waals surface area contributed by atoms with Gasteiger partial charge >= 0.3 is 0 Å². The van der Waals surface area contributed by atoms with Crippen LogP contribution in [0.2, 0.25) is 0 Å². The smallest absolute Gasteiger partial charge is 0.120 e. The second-order valence-electron chi connectivity index (χ2n) is 7.65. The van der Waals surface area contributed by atoms with Crippen LogP contribution in [0.4, 0.5) is 0 Å². The van der Waals surface area contributed by atoms with Crippen LogP contribution in [0.1, 0.15) is 79.2 Å². The molecule has 0 aliphatic rings. The average molecular weight is 276 g/mol. The van der Waals surface area contributed by atoms with Gasteiger partial charge in [0.15, 0.2) is 0 Å². The van der Waals surface area contributed by atoms with Crippen molar-refractivity contribution in [2.45, 2.75) is 79.2 Å². The first kappa shape index (κ1) is 17.1. The summed E-state index contributed by atoms with van der Waals surface area (Å²) >= 11 is 0. The molecule has 0 heterocycles. The van der Waals surface area contributed by atoms with Gasteiger partial charge in [0, 0.05) is 0 Å². The van der Waals surface area contributed by atoms with E-state index >= 15 is 0 Å². The molecular formula is C19H32O. The van der Waals surface area contributed by atoms with Crippen molar-refractivity contribution >= 4 is 0 Å². The van der Waals surface area contributed by atoms with Gasteiger partial charge in [-0.1, -0.05) is 46.8 Å². The predicted octanol–water partition coefficient (Wildman–Crippen LogP) is 6.18. The molecule has 0 fully saturated rings. The fraction of sp³-hybridized carbons (Fsp3) is 0.684. The summed E-state index contributed by atoms with van der Waals surface area (Å²) in [5, 5.41) is 0. The molecule has 1 rings (SSSR count). The molecule has 1 unspecified atom stereocenters. The minimum absolute atomic E-state index is 0.0862. The van der Waals surface area contributed by atoms with Crippen molar-refractivity contribution in [3.05, 3.63) is 29.8 Å². The highest BCUT2D eigenvalue weighted by Gasteiger charge is 2.20. The summed E-state index contributed by atoms with van der Waals surface area (Å²) in [7, 11) is 0. The maximum Gasteiger partial charge on any atom is 0.120 e. The Morgan fingerprint density at radius 1 is 0.950 bits per heavy atom. The second-order valence-corrected chi connectivity index (χ2v) is 7.65. The number of benzene rings is 1. The minimum Gasteiger partial charge on any atom is -0.488 e. The van der Waals surface area contributed by atoms with Gasteiger partial charge < -0.3 is 4.74 Å². The van der Waals surface area contributed by atoms with Crippen LogP contribution in [-0.2, 0) is 0 Å². The Kier molecular flexibility index (Phi) is 5.68. The van der Waals surface area contributed by atoms with E-state index < -0.39 is 0 Å². The summed E-state index contributed by atoms with van der Waals surface area (Å²) in [6.45, 7) is 15.7. The van der Waals surface area contributed by atoms with Crippen molar-refractivity contribution in [2.24, 2.45) is 5.41 Å². The zero-order valence-corrected chi connectivity index (χ0v) is 14.4. The van der Waals surface area contributed by atoms with Gasteiger partial charge in [0.2, 0.25) is 0 Å². The molecule has 0 saturated heterocycles. The van der Waals surface area contributed by atoms with E-state index in [-0.39, 0.29) is 5.60 Å². The first-order valence-corrected chi connectivity index (χ1v) is 7.96. The van der Waals surface area contributed by atoms with Crippen molar-refractivity contribution in [1.29, 1.82) is 0 Å². The molecule has 0 N–H and O–H groups in total. The SMILES string of the molecule is CCC(CC(C)(C)C)c1ccc(OC(C)(C)CC)cc1. The Morgan fingerprint density at radius 3 is 1.90 bits per heavy atom. The van der Waals surface area contributed by atoms with Gasteiger partial charge in [0.1, 0.15) is 11.4 Å². The molecular weight excluding hydrogens is 244 g/mol. The molecule has 20 heavy (non-hydrogen) atoms. The van der Waals surface area contributed by atoms with Crippen molar-refractivity contribution in [2.75, 3.05) is 0 Å². The summed E-state index contributed by atoms with van der Waals surface area (Å²) in [6.07, 6.45) is 3.43. The zero-order valence-electron chi connectivity index (χ0n) is 14.4. The lowest BCUT2D eigenvalue weighted by atomic mass is 9.80. The molecule has 0 aliphatic carbocycles. The first-order chi connectivity index (χ1) is 9.17. The number of ether oxygens (including phenoxy) is 1. The van der Waals surface area contributed by atoms with Gasteiger partial charge in [0.05, 0.1) is 0 Å². The quantitative estimate of drug-likeness (QED) is 0.602. The molecule has 0 spiro atoms. The standard InChI is InChI=1S/C19H32O/c1-8-15(14-18(3,4)5)16-10-12-17(13-11-16)20-19(6,7)9-2/h10-13,15H,8-9,14H2,1-7H3. The van der Waals surface area contributed by atoms with E-state index in [0.29, 0.717) is 11.3 Å². The van der Waals surface area contributed by atoms with Gasteiger partial charge in [0.25, 0.3) is 0 Å². The fourth-order valence-electron chi connectivity index (χ4n) is 2.44. The van der Waals surface area contributed by atoms with Crippen molar-refractivity contribution in [1.82, 2.24) is 0 Å². The van der Waals surface area contributed by atoms with Crippen molar-refractivity contribution < 1.29 is 4.74 Å². The van der Waals surface area contributed by atoms with Gasteiger partial charge in [-0.25, -0.2) is 0 Å². The predicted molar refractivity (Wildman–Crippen MR) is 88.5 cm³/mol. The minimum atomic E-state index is -0.0862. The Labute approximate surface area is 125 Å². The van der Waals surface area contributed by atoms with E-state index in [1.54, 1.807) is 0 Å². The van der Waals surface area contributed by atoms with Crippen LogP contribution in [0.25, 0.3) is 0 Å². The van der Waals surface area contributed by atoms with Gasteiger partial charge in [-0.2, -0.15) is 0 Å². The molecule has 0 aliphatic heterocycles. The second kappa shape index (κ2) is 6.65. The topological polar surface area (TPSA) is 9.23 Å². The Balaban J connectivity index is 2.79. The maximum atomic E-state index is 6.02. The summed E-state index contributed by atoms with van der Waals surface area (Å²) in [5.74, 6) is 1.62. The molecule has 1 aromatic rings. The Hall–Kier alpha value is -0.980. The van der Waals surface area contributed by atoms with E-state index in [2.05, 4.69) is 72.7 Å². The number of rotatable bonds is 6. The van der Waals surface area contributed by atoms with Gasteiger partial charge in [-0.15, -0.1) is 0 Å². The Bertz CT molecular complexity index is 395. The third-order valence-corrected chi connectivity index (χ3v) is 3.95. The normalized spacial score (nSPS) is 14.2. The molecule has 1 aromatic carbocycles. The molecule has 1 nitrogen and oxygen atoms in total. The van der Waals surface area contributed by atoms with E-state index in [9.17, 15) is 0 Å². The number of hydrogen-bond acceptors (Lipinski definition) is 1. The monoisotopic (exact) mass is 276 g/mol. The molecule has 114 valence electrons. The van der Waals surface area contributed by atoms with Crippen LogP contribution < -0.4 is 4.74 Å². The molecule has 0 saturated carbocycles. The molecule has 0 bridgehead atoms. The van der Waals surface area contributed by atoms with Crippen LogP contribution in [0.5, 0.6) is 5.75 Å². The molecule has 1 atom stereocenters. The lowest BCUT2D eigenvalue weighted by molar-refractivity contribution is 0.105. The van der Waals surface area contributed by atoms with Crippen LogP contribution in [0.15, 0.2) is 24.3 Å². The first-order valence-electron chi connectivity index (χ1n) is 7.96. The molecule has 1 heteroatoms. The molecule has 0 radical (unpaired) electrons. The fourth-order valence-corrected chi connectivity index (χ4v) is 2.44. The summed E-state index contributed by atoms with van der Waals surface area (Å²) in [4.78, 5) is 0. The van der Waals surface area contributed by atoms with Crippen LogP contribution in [-0.4, -0.2) is 5.60 Å². The largest absolute Gasteiger partial charge is 0.488 e.